The minimum Gasteiger partial charge on any atom is -0.480 e. The first kappa shape index (κ1) is 11.9. The van der Waals surface area contributed by atoms with Crippen molar-refractivity contribution in [2.45, 2.75) is 18.9 Å². The second-order valence-electron chi connectivity index (χ2n) is 3.53. The Hall–Kier alpha value is -1.22. The molecule has 0 amide bonds. The third-order valence-corrected chi connectivity index (χ3v) is 2.63. The first-order chi connectivity index (χ1) is 6.79. The Labute approximate surface area is 95.1 Å². The van der Waals surface area contributed by atoms with Gasteiger partial charge in [0, 0.05) is 12.2 Å². The lowest BCUT2D eigenvalue weighted by molar-refractivity contribution is -0.138. The number of hydrogen-bond acceptors (Lipinski definition) is 2. The van der Waals surface area contributed by atoms with E-state index in [9.17, 15) is 4.79 Å². The lowest BCUT2D eigenvalue weighted by Crippen LogP contribution is -2.35. The van der Waals surface area contributed by atoms with E-state index in [1.165, 1.54) is 0 Å². The number of anilines is 1. The fourth-order valence-electron chi connectivity index (χ4n) is 1.95. The highest BCUT2D eigenvalue weighted by Gasteiger charge is 2.30. The normalized spacial score (nSPS) is 19.7. The highest BCUT2D eigenvalue weighted by atomic mass is 35.5. The SMILES string of the molecule is Cl.O=C(O)C1CCCN1c1ccccc1. The van der Waals surface area contributed by atoms with Crippen LogP contribution in [0.2, 0.25) is 0 Å². The van der Waals surface area contributed by atoms with Gasteiger partial charge in [-0.1, -0.05) is 18.2 Å². The molecule has 1 unspecified atom stereocenters. The van der Waals surface area contributed by atoms with E-state index in [4.69, 9.17) is 5.11 Å². The zero-order valence-electron chi connectivity index (χ0n) is 8.30. The molecule has 1 aromatic rings. The maximum Gasteiger partial charge on any atom is 0.326 e. The molecule has 15 heavy (non-hydrogen) atoms. The summed E-state index contributed by atoms with van der Waals surface area (Å²) in [7, 11) is 0. The number of benzene rings is 1. The fraction of sp³-hybridized carbons (Fsp3) is 0.364. The topological polar surface area (TPSA) is 40.5 Å². The van der Waals surface area contributed by atoms with Crippen LogP contribution in [0.15, 0.2) is 30.3 Å². The highest BCUT2D eigenvalue weighted by Crippen LogP contribution is 2.24. The summed E-state index contributed by atoms with van der Waals surface area (Å²) in [6.45, 7) is 0.848. The molecule has 1 aliphatic heterocycles. The minimum atomic E-state index is -0.716. The molecule has 0 aliphatic carbocycles. The summed E-state index contributed by atoms with van der Waals surface area (Å²) in [5.41, 5.74) is 1.01. The van der Waals surface area contributed by atoms with Gasteiger partial charge in [0.25, 0.3) is 0 Å². The number of carbonyl (C=O) groups is 1. The van der Waals surface area contributed by atoms with Crippen molar-refractivity contribution in [1.82, 2.24) is 0 Å². The predicted molar refractivity (Wildman–Crippen MR) is 61.7 cm³/mol. The Balaban J connectivity index is 0.00000112. The molecule has 1 fully saturated rings. The highest BCUT2D eigenvalue weighted by molar-refractivity contribution is 5.85. The van der Waals surface area contributed by atoms with Gasteiger partial charge in [-0.05, 0) is 25.0 Å². The molecule has 0 bridgehead atoms. The first-order valence-corrected chi connectivity index (χ1v) is 4.83. The summed E-state index contributed by atoms with van der Waals surface area (Å²) < 4.78 is 0. The summed E-state index contributed by atoms with van der Waals surface area (Å²) >= 11 is 0. The van der Waals surface area contributed by atoms with Crippen LogP contribution in [0.4, 0.5) is 5.69 Å². The lowest BCUT2D eigenvalue weighted by atomic mass is 10.2. The summed E-state index contributed by atoms with van der Waals surface area (Å²) in [5.74, 6) is -0.716. The van der Waals surface area contributed by atoms with Crippen molar-refractivity contribution < 1.29 is 9.90 Å². The molecule has 1 aliphatic rings. The molecule has 0 radical (unpaired) electrons. The molecule has 82 valence electrons. The minimum absolute atomic E-state index is 0. The monoisotopic (exact) mass is 227 g/mol. The van der Waals surface area contributed by atoms with Crippen LogP contribution in [0.1, 0.15) is 12.8 Å². The number of hydrogen-bond donors (Lipinski definition) is 1. The van der Waals surface area contributed by atoms with Crippen LogP contribution in [0.5, 0.6) is 0 Å². The average Bonchev–Trinajstić information content (AvgIpc) is 2.67. The molecule has 0 spiro atoms. The van der Waals surface area contributed by atoms with E-state index in [-0.39, 0.29) is 18.4 Å². The van der Waals surface area contributed by atoms with Gasteiger partial charge in [-0.2, -0.15) is 0 Å². The number of aliphatic carboxylic acids is 1. The Morgan fingerprint density at radius 3 is 2.60 bits per heavy atom. The van der Waals surface area contributed by atoms with Gasteiger partial charge in [-0.15, -0.1) is 12.4 Å². The van der Waals surface area contributed by atoms with Gasteiger partial charge in [0.1, 0.15) is 6.04 Å². The summed E-state index contributed by atoms with van der Waals surface area (Å²) in [5, 5.41) is 9.00. The molecular formula is C11H14ClNO2. The predicted octanol–water partition coefficient (Wildman–Crippen LogP) is 2.16. The largest absolute Gasteiger partial charge is 0.480 e. The number of para-hydroxylation sites is 1. The zero-order chi connectivity index (χ0) is 9.97. The quantitative estimate of drug-likeness (QED) is 0.842. The molecule has 1 atom stereocenters. The van der Waals surface area contributed by atoms with Crippen LogP contribution in [0.3, 0.4) is 0 Å². The van der Waals surface area contributed by atoms with Gasteiger partial charge in [0.15, 0.2) is 0 Å². The summed E-state index contributed by atoms with van der Waals surface area (Å²) in [6.07, 6.45) is 1.72. The molecule has 4 heteroatoms. The van der Waals surface area contributed by atoms with Crippen LogP contribution < -0.4 is 4.90 Å². The molecule has 0 saturated carbocycles. The van der Waals surface area contributed by atoms with E-state index in [2.05, 4.69) is 0 Å². The van der Waals surface area contributed by atoms with Gasteiger partial charge in [-0.25, -0.2) is 4.79 Å². The Morgan fingerprint density at radius 1 is 1.33 bits per heavy atom. The Kier molecular flexibility index (Phi) is 3.97. The van der Waals surface area contributed by atoms with E-state index in [0.29, 0.717) is 0 Å². The van der Waals surface area contributed by atoms with Crippen molar-refractivity contribution >= 4 is 24.1 Å². The molecule has 1 N–H and O–H groups in total. The van der Waals surface area contributed by atoms with Crippen molar-refractivity contribution in [2.75, 3.05) is 11.4 Å². The number of carboxylic acids is 1. The maximum absolute atomic E-state index is 10.9. The first-order valence-electron chi connectivity index (χ1n) is 4.83. The van der Waals surface area contributed by atoms with Gasteiger partial charge < -0.3 is 10.0 Å². The van der Waals surface area contributed by atoms with Crippen molar-refractivity contribution in [3.8, 4) is 0 Å². The second-order valence-corrected chi connectivity index (χ2v) is 3.53. The van der Waals surface area contributed by atoms with Crippen LogP contribution in [-0.4, -0.2) is 23.7 Å². The van der Waals surface area contributed by atoms with Crippen molar-refractivity contribution in [3.63, 3.8) is 0 Å². The standard InChI is InChI=1S/C11H13NO2.ClH/c13-11(14)10-7-4-8-12(10)9-5-2-1-3-6-9;/h1-3,5-6,10H,4,7-8H2,(H,13,14);1H. The third-order valence-electron chi connectivity index (χ3n) is 2.63. The smallest absolute Gasteiger partial charge is 0.326 e. The van der Waals surface area contributed by atoms with E-state index < -0.39 is 5.97 Å². The molecule has 0 aromatic heterocycles. The molecular weight excluding hydrogens is 214 g/mol. The molecule has 1 aromatic carbocycles. The summed E-state index contributed by atoms with van der Waals surface area (Å²) in [4.78, 5) is 12.9. The number of carboxylic acid groups (broad SMARTS) is 1. The Bertz CT molecular complexity index is 329. The van der Waals surface area contributed by atoms with E-state index in [1.807, 2.05) is 35.2 Å². The van der Waals surface area contributed by atoms with E-state index >= 15 is 0 Å². The van der Waals surface area contributed by atoms with E-state index in [1.54, 1.807) is 0 Å². The fourth-order valence-corrected chi connectivity index (χ4v) is 1.95. The second kappa shape index (κ2) is 5.03. The molecule has 1 saturated heterocycles. The Morgan fingerprint density at radius 2 is 2.00 bits per heavy atom. The van der Waals surface area contributed by atoms with Crippen LogP contribution in [-0.2, 0) is 4.79 Å². The number of halogens is 1. The van der Waals surface area contributed by atoms with Crippen molar-refractivity contribution in [2.24, 2.45) is 0 Å². The van der Waals surface area contributed by atoms with Gasteiger partial charge >= 0.3 is 5.97 Å². The third kappa shape index (κ3) is 2.42. The zero-order valence-corrected chi connectivity index (χ0v) is 9.11. The van der Waals surface area contributed by atoms with Crippen molar-refractivity contribution in [1.29, 1.82) is 0 Å². The lowest BCUT2D eigenvalue weighted by Gasteiger charge is -2.23. The van der Waals surface area contributed by atoms with Gasteiger partial charge in [0.05, 0.1) is 0 Å². The van der Waals surface area contributed by atoms with Gasteiger partial charge in [-0.3, -0.25) is 0 Å². The van der Waals surface area contributed by atoms with Crippen molar-refractivity contribution in [3.05, 3.63) is 30.3 Å². The van der Waals surface area contributed by atoms with E-state index in [0.717, 1.165) is 25.1 Å². The number of rotatable bonds is 2. The van der Waals surface area contributed by atoms with Crippen LogP contribution in [0.25, 0.3) is 0 Å². The summed E-state index contributed by atoms with van der Waals surface area (Å²) in [6, 6.07) is 9.40. The average molecular weight is 228 g/mol. The molecule has 2 rings (SSSR count). The van der Waals surface area contributed by atoms with Gasteiger partial charge in [0.2, 0.25) is 0 Å². The molecule has 1 heterocycles. The maximum atomic E-state index is 10.9. The number of nitrogens with zero attached hydrogens (tertiary/aromatic N) is 1. The van der Waals surface area contributed by atoms with Crippen LogP contribution in [0, 0.1) is 0 Å². The van der Waals surface area contributed by atoms with Crippen LogP contribution >= 0.6 is 12.4 Å². The molecule has 3 nitrogen and oxygen atoms in total.